The molecule has 115 valence electrons. The molecular weight excluding hydrogens is 341 g/mol. The van der Waals surface area contributed by atoms with E-state index in [0.717, 1.165) is 0 Å². The highest BCUT2D eigenvalue weighted by molar-refractivity contribution is 6.34. The van der Waals surface area contributed by atoms with Crippen molar-refractivity contribution in [3.8, 4) is 22.6 Å². The lowest BCUT2D eigenvalue weighted by atomic mass is 10.0. The molecule has 0 bridgehead atoms. The molecule has 0 unspecified atom stereocenters. The van der Waals surface area contributed by atoms with E-state index < -0.39 is 11.6 Å². The van der Waals surface area contributed by atoms with Gasteiger partial charge in [-0.1, -0.05) is 35.3 Å². The summed E-state index contributed by atoms with van der Waals surface area (Å²) in [5.41, 5.74) is -0.00237. The van der Waals surface area contributed by atoms with Crippen molar-refractivity contribution in [2.45, 2.75) is 0 Å². The Hall–Kier alpha value is -2.10. The molecule has 1 nitrogen and oxygen atoms in total. The molecule has 5 heteroatoms. The number of hydrogen-bond donors (Lipinski definition) is 0. The van der Waals surface area contributed by atoms with Crippen LogP contribution in [0.2, 0.25) is 10.0 Å². The molecule has 23 heavy (non-hydrogen) atoms. The Bertz CT molecular complexity index is 828. The standard InChI is InChI=1S/C18H9Cl2F2O/c19-11-7-9-12(10-8-11)23-16-6-1-3-13(18(16)20)17-14(21)4-2-5-15(17)22/h1-5,7-10H. The molecule has 0 atom stereocenters. The van der Waals surface area contributed by atoms with Crippen LogP contribution in [0.25, 0.3) is 11.1 Å². The molecule has 0 aliphatic rings. The van der Waals surface area contributed by atoms with Crippen molar-refractivity contribution in [1.29, 1.82) is 0 Å². The lowest BCUT2D eigenvalue weighted by Gasteiger charge is -2.12. The van der Waals surface area contributed by atoms with Crippen LogP contribution in [0, 0.1) is 17.7 Å². The van der Waals surface area contributed by atoms with Crippen LogP contribution < -0.4 is 4.74 Å². The summed E-state index contributed by atoms with van der Waals surface area (Å²) < 4.78 is 33.5. The molecule has 1 radical (unpaired) electrons. The van der Waals surface area contributed by atoms with Gasteiger partial charge in [-0.15, -0.1) is 0 Å². The first-order chi connectivity index (χ1) is 11.1. The van der Waals surface area contributed by atoms with Gasteiger partial charge in [0.2, 0.25) is 0 Å². The second-order valence-electron chi connectivity index (χ2n) is 4.69. The van der Waals surface area contributed by atoms with Crippen molar-refractivity contribution < 1.29 is 13.5 Å². The maximum absolute atomic E-state index is 14.0. The van der Waals surface area contributed by atoms with Gasteiger partial charge in [-0.2, -0.15) is 0 Å². The fraction of sp³-hybridized carbons (Fsp3) is 0. The van der Waals surface area contributed by atoms with Crippen LogP contribution in [0.15, 0.2) is 54.6 Å². The highest BCUT2D eigenvalue weighted by Gasteiger charge is 2.17. The van der Waals surface area contributed by atoms with E-state index in [1.165, 1.54) is 30.3 Å². The van der Waals surface area contributed by atoms with Crippen molar-refractivity contribution >= 4 is 23.2 Å². The number of benzene rings is 3. The molecule has 0 aliphatic carbocycles. The van der Waals surface area contributed by atoms with E-state index in [1.807, 2.05) is 0 Å². The molecule has 3 aromatic rings. The molecule has 0 amide bonds. The van der Waals surface area contributed by atoms with Gasteiger partial charge in [0.1, 0.15) is 17.4 Å². The van der Waals surface area contributed by atoms with E-state index in [9.17, 15) is 8.78 Å². The third kappa shape index (κ3) is 3.31. The van der Waals surface area contributed by atoms with E-state index in [1.54, 1.807) is 24.3 Å². The van der Waals surface area contributed by atoms with Gasteiger partial charge in [0.05, 0.1) is 10.6 Å². The average molecular weight is 350 g/mol. The summed E-state index contributed by atoms with van der Waals surface area (Å²) in [6, 6.07) is 16.1. The number of rotatable bonds is 3. The predicted molar refractivity (Wildman–Crippen MR) is 87.2 cm³/mol. The Morgan fingerprint density at radius 3 is 2.17 bits per heavy atom. The summed E-state index contributed by atoms with van der Waals surface area (Å²) in [7, 11) is 0. The van der Waals surface area contributed by atoms with Gasteiger partial charge in [0.25, 0.3) is 0 Å². The first kappa shape index (κ1) is 15.8. The molecule has 0 N–H and O–H groups in total. The third-order valence-electron chi connectivity index (χ3n) is 3.17. The zero-order valence-electron chi connectivity index (χ0n) is 11.6. The van der Waals surface area contributed by atoms with E-state index in [-0.39, 0.29) is 21.9 Å². The van der Waals surface area contributed by atoms with E-state index in [4.69, 9.17) is 27.9 Å². The minimum Gasteiger partial charge on any atom is -0.455 e. The average Bonchev–Trinajstić information content (AvgIpc) is 2.53. The second kappa shape index (κ2) is 6.57. The van der Waals surface area contributed by atoms with Gasteiger partial charge in [0.15, 0.2) is 5.75 Å². The summed E-state index contributed by atoms with van der Waals surface area (Å²) >= 11 is 12.1. The smallest absolute Gasteiger partial charge is 0.154 e. The van der Waals surface area contributed by atoms with Crippen molar-refractivity contribution in [2.24, 2.45) is 0 Å². The van der Waals surface area contributed by atoms with E-state index in [0.29, 0.717) is 10.8 Å². The quantitative estimate of drug-likeness (QED) is 0.522. The SMILES string of the molecule is Fc1cccc(F)c1-c1cc[c]c(Oc2ccc(Cl)cc2)c1Cl. The normalized spacial score (nSPS) is 10.6. The van der Waals surface area contributed by atoms with Crippen molar-refractivity contribution in [1.82, 2.24) is 0 Å². The Labute approximate surface area is 142 Å². The third-order valence-corrected chi connectivity index (χ3v) is 3.79. The summed E-state index contributed by atoms with van der Waals surface area (Å²) in [6.07, 6.45) is 0. The highest BCUT2D eigenvalue weighted by Crippen LogP contribution is 2.39. The number of ether oxygens (including phenoxy) is 1. The Morgan fingerprint density at radius 1 is 0.870 bits per heavy atom. The summed E-state index contributed by atoms with van der Waals surface area (Å²) in [5, 5.41) is 0.640. The summed E-state index contributed by atoms with van der Waals surface area (Å²) in [5.74, 6) is -0.737. The topological polar surface area (TPSA) is 9.23 Å². The maximum Gasteiger partial charge on any atom is 0.154 e. The molecule has 0 fully saturated rings. The number of hydrogen-bond acceptors (Lipinski definition) is 1. The van der Waals surface area contributed by atoms with Gasteiger partial charge in [0, 0.05) is 16.7 Å². The van der Waals surface area contributed by atoms with Gasteiger partial charge in [-0.3, -0.25) is 0 Å². The molecule has 0 spiro atoms. The van der Waals surface area contributed by atoms with Gasteiger partial charge >= 0.3 is 0 Å². The second-order valence-corrected chi connectivity index (χ2v) is 5.50. The molecular formula is C18H9Cl2F2O. The zero-order valence-corrected chi connectivity index (χ0v) is 13.1. The Morgan fingerprint density at radius 2 is 1.52 bits per heavy atom. The van der Waals surface area contributed by atoms with Crippen molar-refractivity contribution in [3.63, 3.8) is 0 Å². The molecule has 0 saturated heterocycles. The minimum absolute atomic E-state index is 0.0754. The van der Waals surface area contributed by atoms with Crippen LogP contribution in [-0.2, 0) is 0 Å². The lowest BCUT2D eigenvalue weighted by Crippen LogP contribution is -1.93. The first-order valence-corrected chi connectivity index (χ1v) is 7.40. The van der Waals surface area contributed by atoms with Crippen LogP contribution in [0.5, 0.6) is 11.5 Å². The highest BCUT2D eigenvalue weighted by atomic mass is 35.5. The van der Waals surface area contributed by atoms with Gasteiger partial charge < -0.3 is 4.74 Å². The largest absolute Gasteiger partial charge is 0.455 e. The summed E-state index contributed by atoms with van der Waals surface area (Å²) in [6.45, 7) is 0. The molecule has 0 aliphatic heterocycles. The van der Waals surface area contributed by atoms with Crippen LogP contribution >= 0.6 is 23.2 Å². The van der Waals surface area contributed by atoms with Gasteiger partial charge in [-0.05, 0) is 42.5 Å². The van der Waals surface area contributed by atoms with Crippen LogP contribution in [0.3, 0.4) is 0 Å². The predicted octanol–water partition coefficient (Wildman–Crippen LogP) is 6.53. The first-order valence-electron chi connectivity index (χ1n) is 6.64. The molecule has 0 heterocycles. The van der Waals surface area contributed by atoms with Crippen LogP contribution in [-0.4, -0.2) is 0 Å². The van der Waals surface area contributed by atoms with E-state index >= 15 is 0 Å². The molecule has 0 aromatic heterocycles. The zero-order chi connectivity index (χ0) is 16.4. The maximum atomic E-state index is 14.0. The van der Waals surface area contributed by atoms with Crippen molar-refractivity contribution in [2.75, 3.05) is 0 Å². The van der Waals surface area contributed by atoms with Crippen LogP contribution in [0.1, 0.15) is 0 Å². The van der Waals surface area contributed by atoms with Crippen LogP contribution in [0.4, 0.5) is 8.78 Å². The molecule has 0 saturated carbocycles. The lowest BCUT2D eigenvalue weighted by molar-refractivity contribution is 0.482. The van der Waals surface area contributed by atoms with E-state index in [2.05, 4.69) is 6.07 Å². The monoisotopic (exact) mass is 349 g/mol. The van der Waals surface area contributed by atoms with Crippen molar-refractivity contribution in [3.05, 3.63) is 82.3 Å². The number of halogens is 4. The fourth-order valence-electron chi connectivity index (χ4n) is 2.10. The molecule has 3 rings (SSSR count). The summed E-state index contributed by atoms with van der Waals surface area (Å²) in [4.78, 5) is 0. The fourth-order valence-corrected chi connectivity index (χ4v) is 2.48. The molecule has 3 aromatic carbocycles. The van der Waals surface area contributed by atoms with Gasteiger partial charge in [-0.25, -0.2) is 8.78 Å². The Kier molecular flexibility index (Phi) is 4.51. The Balaban J connectivity index is 2.03. The minimum atomic E-state index is -0.699.